The van der Waals surface area contributed by atoms with Crippen molar-refractivity contribution in [3.8, 4) is 0 Å². The van der Waals surface area contributed by atoms with Gasteiger partial charge in [-0.3, -0.25) is 10.1 Å². The van der Waals surface area contributed by atoms with E-state index in [4.69, 9.17) is 5.73 Å². The lowest BCUT2D eigenvalue weighted by atomic mass is 10.1. The second-order valence-corrected chi connectivity index (χ2v) is 5.65. The van der Waals surface area contributed by atoms with Gasteiger partial charge >= 0.3 is 5.69 Å². The standard InChI is InChI=1S/C18H17FN6O2/c19-13-8-4-5-9-14(13)22-17-15(25(26)27)16(20)23-18(24-17)21-11-10-12-6-2-1-3-7-12/h1-9H,10-11H2,(H4,20,21,22,23,24). The number of nitrogen functional groups attached to an aromatic ring is 1. The Labute approximate surface area is 154 Å². The lowest BCUT2D eigenvalue weighted by Crippen LogP contribution is -2.12. The number of anilines is 4. The molecule has 0 saturated heterocycles. The maximum Gasteiger partial charge on any atom is 0.353 e. The van der Waals surface area contributed by atoms with Gasteiger partial charge in [-0.1, -0.05) is 42.5 Å². The maximum absolute atomic E-state index is 13.9. The Bertz CT molecular complexity index is 952. The molecule has 0 amide bonds. The summed E-state index contributed by atoms with van der Waals surface area (Å²) in [6, 6.07) is 15.6. The van der Waals surface area contributed by atoms with E-state index in [0.717, 1.165) is 5.56 Å². The van der Waals surface area contributed by atoms with Crippen molar-refractivity contribution < 1.29 is 9.31 Å². The van der Waals surface area contributed by atoms with E-state index in [0.29, 0.717) is 13.0 Å². The molecule has 1 heterocycles. The summed E-state index contributed by atoms with van der Waals surface area (Å²) in [5, 5.41) is 16.9. The van der Waals surface area contributed by atoms with E-state index in [-0.39, 0.29) is 23.3 Å². The summed E-state index contributed by atoms with van der Waals surface area (Å²) < 4.78 is 13.9. The van der Waals surface area contributed by atoms with Crippen LogP contribution in [0.25, 0.3) is 0 Å². The molecule has 9 heteroatoms. The molecule has 0 aliphatic carbocycles. The van der Waals surface area contributed by atoms with Crippen LogP contribution in [0, 0.1) is 15.9 Å². The first kappa shape index (κ1) is 18.1. The lowest BCUT2D eigenvalue weighted by molar-refractivity contribution is -0.383. The predicted octanol–water partition coefficient (Wildman–Crippen LogP) is 3.50. The summed E-state index contributed by atoms with van der Waals surface area (Å²) in [7, 11) is 0. The van der Waals surface area contributed by atoms with Crippen LogP contribution >= 0.6 is 0 Å². The molecule has 4 N–H and O–H groups in total. The van der Waals surface area contributed by atoms with Crippen LogP contribution in [0.5, 0.6) is 0 Å². The van der Waals surface area contributed by atoms with Gasteiger partial charge in [0.05, 0.1) is 10.6 Å². The highest BCUT2D eigenvalue weighted by atomic mass is 19.1. The molecular formula is C18H17FN6O2. The molecular weight excluding hydrogens is 351 g/mol. The summed E-state index contributed by atoms with van der Waals surface area (Å²) in [5.41, 5.74) is 6.39. The molecule has 2 aromatic carbocycles. The molecule has 0 fully saturated rings. The minimum atomic E-state index is -0.702. The second-order valence-electron chi connectivity index (χ2n) is 5.65. The van der Waals surface area contributed by atoms with Gasteiger partial charge in [-0.25, -0.2) is 4.39 Å². The highest BCUT2D eigenvalue weighted by molar-refractivity contribution is 5.74. The summed E-state index contributed by atoms with van der Waals surface area (Å²) in [4.78, 5) is 18.6. The molecule has 138 valence electrons. The number of nitrogens with two attached hydrogens (primary N) is 1. The number of nitro groups is 1. The third-order valence-electron chi connectivity index (χ3n) is 3.76. The Morgan fingerprint density at radius 3 is 2.48 bits per heavy atom. The van der Waals surface area contributed by atoms with Crippen molar-refractivity contribution in [3.05, 3.63) is 76.1 Å². The minimum absolute atomic E-state index is 0.0499. The van der Waals surface area contributed by atoms with Crippen LogP contribution in [0.3, 0.4) is 0 Å². The number of nitrogens with one attached hydrogen (secondary N) is 2. The van der Waals surface area contributed by atoms with E-state index < -0.39 is 16.4 Å². The van der Waals surface area contributed by atoms with Gasteiger partial charge in [0.1, 0.15) is 5.82 Å². The Morgan fingerprint density at radius 1 is 1.07 bits per heavy atom. The third-order valence-corrected chi connectivity index (χ3v) is 3.76. The van der Waals surface area contributed by atoms with Gasteiger partial charge < -0.3 is 16.4 Å². The van der Waals surface area contributed by atoms with Gasteiger partial charge in [0.15, 0.2) is 0 Å². The van der Waals surface area contributed by atoms with Gasteiger partial charge in [-0.15, -0.1) is 0 Å². The number of rotatable bonds is 7. The molecule has 0 radical (unpaired) electrons. The number of nitrogens with zero attached hydrogens (tertiary/aromatic N) is 3. The highest BCUT2D eigenvalue weighted by Gasteiger charge is 2.24. The van der Waals surface area contributed by atoms with Crippen molar-refractivity contribution in [1.82, 2.24) is 9.97 Å². The van der Waals surface area contributed by atoms with Crippen LogP contribution in [0.15, 0.2) is 54.6 Å². The van der Waals surface area contributed by atoms with E-state index >= 15 is 0 Å². The summed E-state index contributed by atoms with van der Waals surface area (Å²) in [6.45, 7) is 0.500. The number of halogens is 1. The summed E-state index contributed by atoms with van der Waals surface area (Å²) in [6.07, 6.45) is 0.706. The van der Waals surface area contributed by atoms with E-state index in [1.165, 1.54) is 18.2 Å². The van der Waals surface area contributed by atoms with Crippen LogP contribution in [-0.4, -0.2) is 21.4 Å². The minimum Gasteiger partial charge on any atom is -0.378 e. The molecule has 0 aliphatic rings. The van der Waals surface area contributed by atoms with Crippen LogP contribution in [0.4, 0.5) is 33.3 Å². The average Bonchev–Trinajstić information content (AvgIpc) is 2.64. The molecule has 0 unspecified atom stereocenters. The van der Waals surface area contributed by atoms with E-state index in [9.17, 15) is 14.5 Å². The second kappa shape index (κ2) is 8.09. The van der Waals surface area contributed by atoms with Gasteiger partial charge in [0.25, 0.3) is 0 Å². The first-order valence-corrected chi connectivity index (χ1v) is 8.16. The Morgan fingerprint density at radius 2 is 1.78 bits per heavy atom. The normalized spacial score (nSPS) is 10.4. The Hall–Kier alpha value is -3.75. The van der Waals surface area contributed by atoms with Gasteiger partial charge in [0, 0.05) is 6.54 Å². The van der Waals surface area contributed by atoms with Crippen molar-refractivity contribution in [2.24, 2.45) is 0 Å². The smallest absolute Gasteiger partial charge is 0.353 e. The lowest BCUT2D eigenvalue weighted by Gasteiger charge is -2.11. The van der Waals surface area contributed by atoms with Gasteiger partial charge in [-0.2, -0.15) is 9.97 Å². The SMILES string of the molecule is Nc1nc(NCCc2ccccc2)nc(Nc2ccccc2F)c1[N+](=O)[O-]. The highest BCUT2D eigenvalue weighted by Crippen LogP contribution is 2.31. The fourth-order valence-corrected chi connectivity index (χ4v) is 2.47. The number of hydrogen-bond acceptors (Lipinski definition) is 7. The van der Waals surface area contributed by atoms with E-state index in [2.05, 4.69) is 20.6 Å². The monoisotopic (exact) mass is 368 g/mol. The maximum atomic E-state index is 13.9. The van der Waals surface area contributed by atoms with Crippen molar-refractivity contribution in [3.63, 3.8) is 0 Å². The van der Waals surface area contributed by atoms with E-state index in [1.807, 2.05) is 30.3 Å². The molecule has 27 heavy (non-hydrogen) atoms. The molecule has 0 bridgehead atoms. The van der Waals surface area contributed by atoms with Crippen LogP contribution in [0.2, 0.25) is 0 Å². The first-order valence-electron chi connectivity index (χ1n) is 8.16. The summed E-state index contributed by atoms with van der Waals surface area (Å²) in [5.74, 6) is -0.939. The zero-order valence-electron chi connectivity index (χ0n) is 14.2. The van der Waals surface area contributed by atoms with Crippen molar-refractivity contribution in [1.29, 1.82) is 0 Å². The third kappa shape index (κ3) is 4.46. The molecule has 3 rings (SSSR count). The Kier molecular flexibility index (Phi) is 5.41. The first-order chi connectivity index (χ1) is 13.0. The van der Waals surface area contributed by atoms with Gasteiger partial charge in [-0.05, 0) is 24.1 Å². The zero-order chi connectivity index (χ0) is 19.2. The van der Waals surface area contributed by atoms with Crippen LogP contribution < -0.4 is 16.4 Å². The van der Waals surface area contributed by atoms with Crippen molar-refractivity contribution in [2.75, 3.05) is 22.9 Å². The van der Waals surface area contributed by atoms with Crippen LogP contribution in [-0.2, 0) is 6.42 Å². The largest absolute Gasteiger partial charge is 0.378 e. The molecule has 3 aromatic rings. The average molecular weight is 368 g/mol. The van der Waals surface area contributed by atoms with Crippen molar-refractivity contribution >= 4 is 29.0 Å². The topological polar surface area (TPSA) is 119 Å². The molecule has 8 nitrogen and oxygen atoms in total. The zero-order valence-corrected chi connectivity index (χ0v) is 14.2. The molecule has 0 aliphatic heterocycles. The molecule has 0 spiro atoms. The quantitative estimate of drug-likeness (QED) is 0.431. The predicted molar refractivity (Wildman–Crippen MR) is 101 cm³/mol. The molecule has 0 saturated carbocycles. The van der Waals surface area contributed by atoms with Crippen LogP contribution in [0.1, 0.15) is 5.56 Å². The van der Waals surface area contributed by atoms with E-state index in [1.54, 1.807) is 6.07 Å². The molecule has 0 atom stereocenters. The number of hydrogen-bond donors (Lipinski definition) is 3. The molecule has 1 aromatic heterocycles. The fraction of sp³-hybridized carbons (Fsp3) is 0.111. The van der Waals surface area contributed by atoms with Gasteiger partial charge in [0.2, 0.25) is 17.6 Å². The fourth-order valence-electron chi connectivity index (χ4n) is 2.47. The summed E-state index contributed by atoms with van der Waals surface area (Å²) >= 11 is 0. The Balaban J connectivity index is 1.82. The number of benzene rings is 2. The number of para-hydroxylation sites is 1. The van der Waals surface area contributed by atoms with Crippen molar-refractivity contribution in [2.45, 2.75) is 6.42 Å². The number of aromatic nitrogens is 2.